The van der Waals surface area contributed by atoms with E-state index in [1.807, 2.05) is 48.8 Å². The molecule has 1 spiro atoms. The van der Waals surface area contributed by atoms with Crippen molar-refractivity contribution in [2.24, 2.45) is 0 Å². The Labute approximate surface area is 224 Å². The van der Waals surface area contributed by atoms with Gasteiger partial charge in [-0.25, -0.2) is 0 Å². The summed E-state index contributed by atoms with van der Waals surface area (Å²) in [7, 11) is 0. The molecule has 7 rings (SSSR count). The Morgan fingerprint density at radius 3 is 1.29 bits per heavy atom. The van der Waals surface area contributed by atoms with Gasteiger partial charge in [-0.15, -0.1) is 0 Å². The Hall–Kier alpha value is -2.91. The van der Waals surface area contributed by atoms with Crippen LogP contribution in [0.15, 0.2) is 119 Å². The molecule has 2 aromatic heterocycles. The minimum atomic E-state index is -0.305. The fourth-order valence-corrected chi connectivity index (χ4v) is 5.50. The first-order chi connectivity index (χ1) is 16.2. The predicted octanol–water partition coefficient (Wildman–Crippen LogP) is 6.32. The van der Waals surface area contributed by atoms with Crippen LogP contribution in [0.1, 0.15) is 22.3 Å². The predicted molar refractivity (Wildman–Crippen MR) is 136 cm³/mol. The van der Waals surface area contributed by atoms with E-state index < -0.39 is 0 Å². The van der Waals surface area contributed by atoms with Gasteiger partial charge in [0.2, 0.25) is 0 Å². The number of fused-ring (bicyclic) bond motifs is 10. The topological polar surface area (TPSA) is 25.8 Å². The van der Waals surface area contributed by atoms with Crippen molar-refractivity contribution >= 4 is 25.3 Å². The first-order valence-corrected chi connectivity index (χ1v) is 11.6. The van der Waals surface area contributed by atoms with E-state index in [1.165, 1.54) is 33.4 Å². The van der Waals surface area contributed by atoms with E-state index in [-0.39, 0.29) is 26.5 Å². The minimum absolute atomic E-state index is 0. The van der Waals surface area contributed by atoms with Gasteiger partial charge in [0.25, 0.3) is 0 Å². The maximum Gasteiger partial charge on any atom is 2.00 e. The van der Waals surface area contributed by atoms with Gasteiger partial charge in [0.05, 0.1) is 16.8 Å². The molecule has 2 aliphatic carbocycles. The zero-order chi connectivity index (χ0) is 22.4. The third-order valence-corrected chi connectivity index (χ3v) is 7.29. The van der Waals surface area contributed by atoms with Gasteiger partial charge >= 0.3 is 21.1 Å². The van der Waals surface area contributed by atoms with E-state index in [4.69, 9.17) is 35.2 Å². The molecule has 2 aliphatic rings. The van der Waals surface area contributed by atoms with Gasteiger partial charge in [0.15, 0.2) is 0 Å². The number of hydrogen-bond donors (Lipinski definition) is 0. The van der Waals surface area contributed by atoms with Crippen molar-refractivity contribution < 1.29 is 21.1 Å². The molecule has 0 N–H and O–H groups in total. The average Bonchev–Trinajstić information content (AvgIpc) is 3.34. The summed E-state index contributed by atoms with van der Waals surface area (Å²) < 4.78 is 0. The van der Waals surface area contributed by atoms with E-state index in [2.05, 4.69) is 60.7 Å². The minimum Gasteiger partial charge on any atom is -0.781 e. The maximum atomic E-state index is 4.85. The number of hydrogen-bond acceptors (Lipinski definition) is 4. The van der Waals surface area contributed by atoms with Gasteiger partial charge in [-0.05, 0) is 45.5 Å². The van der Waals surface area contributed by atoms with Gasteiger partial charge in [-0.1, -0.05) is 84.9 Å². The molecule has 0 bridgehead atoms. The zero-order valence-corrected chi connectivity index (χ0v) is 21.8. The molecule has 2 nitrogen and oxygen atoms in total. The van der Waals surface area contributed by atoms with Crippen LogP contribution in [0.2, 0.25) is 0 Å². The largest absolute Gasteiger partial charge is 2.00 e. The molecule has 0 amide bonds. The van der Waals surface area contributed by atoms with Crippen molar-refractivity contribution in [2.45, 2.75) is 15.2 Å². The second kappa shape index (κ2) is 9.03. The molecule has 0 aliphatic heterocycles. The molecule has 34 heavy (non-hydrogen) atoms. The molecule has 0 unspecified atom stereocenters. The number of nitrogens with zero attached hydrogens (tertiary/aromatic N) is 2. The molecule has 5 heteroatoms. The molecule has 5 aromatic rings. The number of pyridine rings is 2. The van der Waals surface area contributed by atoms with Crippen molar-refractivity contribution in [3.05, 3.63) is 132 Å². The quantitative estimate of drug-likeness (QED) is 0.179. The van der Waals surface area contributed by atoms with Crippen LogP contribution in [-0.2, 0) is 51.7 Å². The van der Waals surface area contributed by atoms with Crippen molar-refractivity contribution in [2.75, 3.05) is 0 Å². The monoisotopic (exact) mass is 653 g/mol. The van der Waals surface area contributed by atoms with Gasteiger partial charge in [0.1, 0.15) is 0 Å². The standard InChI is InChI=1S/C23H14N2.C6H6S2.Pt/c1-3-9-17-15(7-1)16-8-2-4-10-18(16)23(17)19-11-5-13-24-21(19)22-20(23)12-6-14-25-22;7-5-3-1-2-4-6(5)8;/h1-14H;1-4,7-8H;/q;;+2/p-2. The fraction of sp³-hybridized carbons (Fsp3) is 0.0345. The summed E-state index contributed by atoms with van der Waals surface area (Å²) in [5, 5.41) is 0. The molecule has 0 saturated carbocycles. The first-order valence-electron chi connectivity index (χ1n) is 10.8. The van der Waals surface area contributed by atoms with Crippen molar-refractivity contribution in [1.82, 2.24) is 9.97 Å². The summed E-state index contributed by atoms with van der Waals surface area (Å²) in [5.74, 6) is 0. The van der Waals surface area contributed by atoms with Crippen LogP contribution in [0.25, 0.3) is 22.5 Å². The van der Waals surface area contributed by atoms with Crippen LogP contribution < -0.4 is 0 Å². The SMILES string of the molecule is [Pt+2].[S-]c1ccccc1[S-].c1ccc2c(c1)-c1ccccc1C21c2cccnc2-c2ncccc21. The van der Waals surface area contributed by atoms with Crippen molar-refractivity contribution in [1.29, 1.82) is 0 Å². The Kier molecular flexibility index (Phi) is 6.07. The van der Waals surface area contributed by atoms with E-state index in [0.29, 0.717) is 0 Å². The Bertz CT molecular complexity index is 1310. The molecule has 2 heterocycles. The summed E-state index contributed by atoms with van der Waals surface area (Å²) in [6.45, 7) is 0. The van der Waals surface area contributed by atoms with Gasteiger partial charge in [-0.3, -0.25) is 9.97 Å². The molecular weight excluding hydrogens is 636 g/mol. The number of aromatic nitrogens is 2. The van der Waals surface area contributed by atoms with Gasteiger partial charge in [0, 0.05) is 12.4 Å². The van der Waals surface area contributed by atoms with Crippen LogP contribution >= 0.6 is 0 Å². The second-order valence-electron chi connectivity index (χ2n) is 8.09. The van der Waals surface area contributed by atoms with Crippen LogP contribution in [0.5, 0.6) is 0 Å². The van der Waals surface area contributed by atoms with Gasteiger partial charge < -0.3 is 25.3 Å². The van der Waals surface area contributed by atoms with Crippen LogP contribution in [-0.4, -0.2) is 9.97 Å². The number of rotatable bonds is 0. The number of benzene rings is 3. The smallest absolute Gasteiger partial charge is 0.781 e. The molecule has 166 valence electrons. The Morgan fingerprint density at radius 1 is 0.471 bits per heavy atom. The van der Waals surface area contributed by atoms with Crippen LogP contribution in [0, 0.1) is 0 Å². The van der Waals surface area contributed by atoms with E-state index in [0.717, 1.165) is 21.2 Å². The summed E-state index contributed by atoms with van der Waals surface area (Å²) in [6, 6.07) is 33.4. The molecule has 3 aromatic carbocycles. The van der Waals surface area contributed by atoms with Crippen molar-refractivity contribution in [3.8, 4) is 22.5 Å². The molecular formula is C29H18N2PtS2. The first kappa shape index (κ1) is 22.9. The normalized spacial score (nSPS) is 12.9. The summed E-state index contributed by atoms with van der Waals surface area (Å²) in [5.41, 5.74) is 9.46. The van der Waals surface area contributed by atoms with E-state index in [9.17, 15) is 0 Å². The Balaban J connectivity index is 0.000000231. The van der Waals surface area contributed by atoms with Crippen LogP contribution in [0.3, 0.4) is 0 Å². The Morgan fingerprint density at radius 2 is 0.853 bits per heavy atom. The molecule has 0 atom stereocenters. The molecule has 0 saturated heterocycles. The third kappa shape index (κ3) is 3.25. The van der Waals surface area contributed by atoms with E-state index >= 15 is 0 Å². The molecule has 0 fully saturated rings. The third-order valence-electron chi connectivity index (χ3n) is 6.45. The maximum absolute atomic E-state index is 4.85. The second-order valence-corrected chi connectivity index (χ2v) is 8.97. The van der Waals surface area contributed by atoms with Crippen LogP contribution in [0.4, 0.5) is 0 Å². The summed E-state index contributed by atoms with van der Waals surface area (Å²) >= 11 is 9.70. The van der Waals surface area contributed by atoms with Gasteiger partial charge in [-0.2, -0.15) is 9.79 Å². The summed E-state index contributed by atoms with van der Waals surface area (Å²) in [4.78, 5) is 10.9. The zero-order valence-electron chi connectivity index (χ0n) is 17.9. The molecule has 0 radical (unpaired) electrons. The van der Waals surface area contributed by atoms with Crippen molar-refractivity contribution in [3.63, 3.8) is 0 Å². The summed E-state index contributed by atoms with van der Waals surface area (Å²) in [6.07, 6.45) is 3.73. The van der Waals surface area contributed by atoms with E-state index in [1.54, 1.807) is 0 Å². The average molecular weight is 654 g/mol. The fourth-order valence-electron chi connectivity index (χ4n) is 5.20.